The van der Waals surface area contributed by atoms with E-state index in [9.17, 15) is 9.18 Å². The Morgan fingerprint density at radius 3 is 2.81 bits per heavy atom. The standard InChI is InChI=1S/C18H14FN5OS2/c19-14-6-4-12(5-7-14)10-21-17-23-24-18(27-17)26-11-16(25)22-15-3-1-2-13(8-15)9-20/h1-8H,10-11H2,(H,21,23)(H,22,25). The zero-order valence-corrected chi connectivity index (χ0v) is 15.6. The molecule has 136 valence electrons. The van der Waals surface area contributed by atoms with Gasteiger partial charge in [-0.15, -0.1) is 10.2 Å². The molecule has 9 heteroatoms. The molecule has 0 saturated heterocycles. The summed E-state index contributed by atoms with van der Waals surface area (Å²) in [6.45, 7) is 0.509. The van der Waals surface area contributed by atoms with Crippen LogP contribution >= 0.6 is 23.1 Å². The van der Waals surface area contributed by atoms with E-state index < -0.39 is 0 Å². The Bertz CT molecular complexity index is 968. The van der Waals surface area contributed by atoms with Crippen molar-refractivity contribution in [2.75, 3.05) is 16.4 Å². The minimum absolute atomic E-state index is 0.184. The summed E-state index contributed by atoms with van der Waals surface area (Å²) in [5, 5.41) is 23.4. The molecule has 0 aliphatic heterocycles. The van der Waals surface area contributed by atoms with E-state index in [4.69, 9.17) is 5.26 Å². The summed E-state index contributed by atoms with van der Waals surface area (Å²) in [5.41, 5.74) is 2.00. The summed E-state index contributed by atoms with van der Waals surface area (Å²) in [5.74, 6) is -0.277. The first-order valence-electron chi connectivity index (χ1n) is 7.87. The van der Waals surface area contributed by atoms with Crippen LogP contribution in [0.1, 0.15) is 11.1 Å². The second kappa shape index (κ2) is 9.12. The molecule has 0 aliphatic rings. The largest absolute Gasteiger partial charge is 0.356 e. The number of rotatable bonds is 7. The van der Waals surface area contributed by atoms with Crippen molar-refractivity contribution in [3.63, 3.8) is 0 Å². The molecule has 3 aromatic rings. The molecule has 3 rings (SSSR count). The van der Waals surface area contributed by atoms with Crippen LogP contribution in [0.25, 0.3) is 0 Å². The quantitative estimate of drug-likeness (QED) is 0.586. The lowest BCUT2D eigenvalue weighted by Crippen LogP contribution is -2.13. The number of anilines is 2. The van der Waals surface area contributed by atoms with Crippen LogP contribution in [-0.2, 0) is 11.3 Å². The minimum Gasteiger partial charge on any atom is -0.356 e. The molecule has 1 amide bonds. The van der Waals surface area contributed by atoms with Crippen molar-refractivity contribution in [3.05, 3.63) is 65.5 Å². The van der Waals surface area contributed by atoms with E-state index >= 15 is 0 Å². The number of thioether (sulfide) groups is 1. The van der Waals surface area contributed by atoms with E-state index in [1.54, 1.807) is 36.4 Å². The number of nitrogens with zero attached hydrogens (tertiary/aromatic N) is 3. The minimum atomic E-state index is -0.272. The maximum absolute atomic E-state index is 12.9. The molecule has 0 bridgehead atoms. The van der Waals surface area contributed by atoms with Gasteiger partial charge in [0.2, 0.25) is 11.0 Å². The lowest BCUT2D eigenvalue weighted by molar-refractivity contribution is -0.113. The van der Waals surface area contributed by atoms with Gasteiger partial charge in [-0.25, -0.2) is 4.39 Å². The Balaban J connectivity index is 1.46. The predicted molar refractivity (Wildman–Crippen MR) is 104 cm³/mol. The molecule has 0 atom stereocenters. The Labute approximate surface area is 163 Å². The summed E-state index contributed by atoms with van der Waals surface area (Å²) in [6, 6.07) is 15.0. The maximum atomic E-state index is 12.9. The van der Waals surface area contributed by atoms with E-state index in [0.29, 0.717) is 27.3 Å². The Morgan fingerprint density at radius 2 is 2.04 bits per heavy atom. The average Bonchev–Trinajstić information content (AvgIpc) is 3.14. The Hall–Kier alpha value is -2.96. The summed E-state index contributed by atoms with van der Waals surface area (Å²) >= 11 is 2.62. The average molecular weight is 399 g/mol. The second-order valence-electron chi connectivity index (χ2n) is 5.38. The number of hydrogen-bond acceptors (Lipinski definition) is 7. The van der Waals surface area contributed by atoms with Crippen molar-refractivity contribution < 1.29 is 9.18 Å². The smallest absolute Gasteiger partial charge is 0.234 e. The number of amides is 1. The molecule has 1 aromatic heterocycles. The Morgan fingerprint density at radius 1 is 1.22 bits per heavy atom. The van der Waals surface area contributed by atoms with Crippen molar-refractivity contribution in [2.24, 2.45) is 0 Å². The van der Waals surface area contributed by atoms with Gasteiger partial charge in [0.15, 0.2) is 4.34 Å². The second-order valence-corrected chi connectivity index (χ2v) is 7.58. The zero-order valence-electron chi connectivity index (χ0n) is 14.0. The van der Waals surface area contributed by atoms with Crippen LogP contribution in [0.3, 0.4) is 0 Å². The van der Waals surface area contributed by atoms with Gasteiger partial charge in [-0.3, -0.25) is 4.79 Å². The van der Waals surface area contributed by atoms with Crippen molar-refractivity contribution in [1.82, 2.24) is 10.2 Å². The van der Waals surface area contributed by atoms with Crippen LogP contribution in [0.4, 0.5) is 15.2 Å². The Kier molecular flexibility index (Phi) is 6.35. The number of nitriles is 1. The van der Waals surface area contributed by atoms with Crippen molar-refractivity contribution in [3.8, 4) is 6.07 Å². The molecule has 0 saturated carbocycles. The first kappa shape index (κ1) is 18.8. The zero-order chi connectivity index (χ0) is 19.1. The first-order chi connectivity index (χ1) is 13.1. The summed E-state index contributed by atoms with van der Waals surface area (Å²) < 4.78 is 13.6. The van der Waals surface area contributed by atoms with E-state index in [1.165, 1.54) is 35.2 Å². The molecular formula is C18H14FN5OS2. The number of carbonyl (C=O) groups is 1. The number of benzene rings is 2. The number of hydrogen-bond donors (Lipinski definition) is 2. The summed E-state index contributed by atoms with van der Waals surface area (Å²) in [7, 11) is 0. The highest BCUT2D eigenvalue weighted by Crippen LogP contribution is 2.26. The van der Waals surface area contributed by atoms with Gasteiger partial charge < -0.3 is 10.6 Å². The van der Waals surface area contributed by atoms with Gasteiger partial charge >= 0.3 is 0 Å². The van der Waals surface area contributed by atoms with Crippen molar-refractivity contribution >= 4 is 39.8 Å². The van der Waals surface area contributed by atoms with Gasteiger partial charge in [0, 0.05) is 12.2 Å². The fourth-order valence-corrected chi connectivity index (χ4v) is 3.66. The lowest BCUT2D eigenvalue weighted by atomic mass is 10.2. The number of carbonyl (C=O) groups excluding carboxylic acids is 1. The van der Waals surface area contributed by atoms with Crippen LogP contribution in [0, 0.1) is 17.1 Å². The van der Waals surface area contributed by atoms with Gasteiger partial charge in [-0.05, 0) is 35.9 Å². The monoisotopic (exact) mass is 399 g/mol. The van der Waals surface area contributed by atoms with Crippen LogP contribution < -0.4 is 10.6 Å². The summed E-state index contributed by atoms with van der Waals surface area (Å²) in [4.78, 5) is 12.0. The third-order valence-electron chi connectivity index (χ3n) is 3.37. The SMILES string of the molecule is N#Cc1cccc(NC(=O)CSc2nnc(NCc3ccc(F)cc3)s2)c1. The lowest BCUT2D eigenvalue weighted by Gasteiger charge is -2.04. The highest BCUT2D eigenvalue weighted by Gasteiger charge is 2.09. The molecule has 2 aromatic carbocycles. The van der Waals surface area contributed by atoms with Crippen LogP contribution in [0.2, 0.25) is 0 Å². The normalized spacial score (nSPS) is 10.2. The predicted octanol–water partition coefficient (Wildman–Crippen LogP) is 3.89. The van der Waals surface area contributed by atoms with E-state index in [2.05, 4.69) is 20.8 Å². The molecule has 6 nitrogen and oxygen atoms in total. The van der Waals surface area contributed by atoms with E-state index in [1.807, 2.05) is 6.07 Å². The molecule has 27 heavy (non-hydrogen) atoms. The molecule has 0 radical (unpaired) electrons. The van der Waals surface area contributed by atoms with Gasteiger partial charge in [0.1, 0.15) is 5.82 Å². The fraction of sp³-hybridized carbons (Fsp3) is 0.111. The van der Waals surface area contributed by atoms with Crippen molar-refractivity contribution in [1.29, 1.82) is 5.26 Å². The summed E-state index contributed by atoms with van der Waals surface area (Å²) in [6.07, 6.45) is 0. The van der Waals surface area contributed by atoms with Gasteiger partial charge in [-0.1, -0.05) is 41.3 Å². The van der Waals surface area contributed by atoms with Gasteiger partial charge in [0.25, 0.3) is 0 Å². The fourth-order valence-electron chi connectivity index (χ4n) is 2.11. The van der Waals surface area contributed by atoms with Gasteiger partial charge in [0.05, 0.1) is 17.4 Å². The molecule has 1 heterocycles. The topological polar surface area (TPSA) is 90.7 Å². The molecule has 0 spiro atoms. The molecule has 0 aliphatic carbocycles. The third kappa shape index (κ3) is 5.77. The molecule has 0 fully saturated rings. The molecule has 0 unspecified atom stereocenters. The third-order valence-corrected chi connectivity index (χ3v) is 5.38. The van der Waals surface area contributed by atoms with Crippen LogP contribution in [-0.4, -0.2) is 21.9 Å². The number of aromatic nitrogens is 2. The van der Waals surface area contributed by atoms with Crippen LogP contribution in [0.15, 0.2) is 52.9 Å². The number of halogens is 1. The highest BCUT2D eigenvalue weighted by atomic mass is 32.2. The first-order valence-corrected chi connectivity index (χ1v) is 9.67. The highest BCUT2D eigenvalue weighted by molar-refractivity contribution is 8.01. The van der Waals surface area contributed by atoms with Gasteiger partial charge in [-0.2, -0.15) is 5.26 Å². The van der Waals surface area contributed by atoms with E-state index in [0.717, 1.165) is 5.56 Å². The van der Waals surface area contributed by atoms with Crippen molar-refractivity contribution in [2.45, 2.75) is 10.9 Å². The van der Waals surface area contributed by atoms with Crippen LogP contribution in [0.5, 0.6) is 0 Å². The molecular weight excluding hydrogens is 385 g/mol. The molecule has 2 N–H and O–H groups in total. The maximum Gasteiger partial charge on any atom is 0.234 e. The number of nitrogens with one attached hydrogen (secondary N) is 2. The van der Waals surface area contributed by atoms with E-state index in [-0.39, 0.29) is 17.5 Å².